The van der Waals surface area contributed by atoms with Crippen molar-refractivity contribution in [1.29, 1.82) is 0 Å². The molecule has 0 spiro atoms. The van der Waals surface area contributed by atoms with Crippen LogP contribution in [0.15, 0.2) is 11.6 Å². The largest absolute Gasteiger partial charge is 0.478 e. The monoisotopic (exact) mass is 280 g/mol. The number of allylic oxidation sites excluding steroid dienone is 1. The normalized spacial score (nSPS) is 14.9. The smallest absolute Gasteiger partial charge is 0.340 e. The van der Waals surface area contributed by atoms with E-state index >= 15 is 0 Å². The zero-order valence-electron chi connectivity index (χ0n) is 10.7. The van der Waals surface area contributed by atoms with Crippen LogP contribution in [0.25, 0.3) is 0 Å². The Morgan fingerprint density at radius 1 is 1.47 bits per heavy atom. The molecule has 6 heteroatoms. The van der Waals surface area contributed by atoms with Crippen LogP contribution in [-0.4, -0.2) is 21.4 Å². The number of nitrogens with one attached hydrogen (secondary N) is 1. The van der Waals surface area contributed by atoms with E-state index in [2.05, 4.69) is 15.8 Å². The number of hydrogen-bond acceptors (Lipinski definition) is 4. The maximum Gasteiger partial charge on any atom is 0.340 e. The number of carboxylic acid groups (broad SMARTS) is 1. The molecule has 2 N–H and O–H groups in total. The maximum absolute atomic E-state index is 11.9. The SMILES string of the molecule is Cc1nsc(NC(=O)CC2=CCCCC2)c1C(=O)O. The highest BCUT2D eigenvalue weighted by Crippen LogP contribution is 2.26. The molecular weight excluding hydrogens is 264 g/mol. The minimum Gasteiger partial charge on any atom is -0.478 e. The van der Waals surface area contributed by atoms with Gasteiger partial charge in [0.25, 0.3) is 0 Å². The van der Waals surface area contributed by atoms with Gasteiger partial charge in [-0.3, -0.25) is 4.79 Å². The summed E-state index contributed by atoms with van der Waals surface area (Å²) in [5, 5.41) is 12.1. The van der Waals surface area contributed by atoms with E-state index in [1.807, 2.05) is 0 Å². The van der Waals surface area contributed by atoms with E-state index in [0.29, 0.717) is 17.1 Å². The van der Waals surface area contributed by atoms with Gasteiger partial charge in [0, 0.05) is 6.42 Å². The quantitative estimate of drug-likeness (QED) is 0.831. The topological polar surface area (TPSA) is 79.3 Å². The van der Waals surface area contributed by atoms with E-state index in [1.54, 1.807) is 6.92 Å². The lowest BCUT2D eigenvalue weighted by atomic mass is 9.97. The molecule has 0 saturated carbocycles. The predicted molar refractivity (Wildman–Crippen MR) is 73.6 cm³/mol. The molecule has 0 atom stereocenters. The van der Waals surface area contributed by atoms with Crippen molar-refractivity contribution >= 4 is 28.4 Å². The number of aromatic carboxylic acids is 1. The van der Waals surface area contributed by atoms with E-state index in [1.165, 1.54) is 6.42 Å². The summed E-state index contributed by atoms with van der Waals surface area (Å²) in [7, 11) is 0. The minimum absolute atomic E-state index is 0.0935. The molecule has 0 aromatic carbocycles. The van der Waals surface area contributed by atoms with Crippen LogP contribution in [0.5, 0.6) is 0 Å². The summed E-state index contributed by atoms with van der Waals surface area (Å²) in [5.41, 5.74) is 1.67. The number of aromatic nitrogens is 1. The molecule has 0 unspecified atom stereocenters. The van der Waals surface area contributed by atoms with Crippen LogP contribution in [-0.2, 0) is 4.79 Å². The molecule has 0 radical (unpaired) electrons. The number of hydrogen-bond donors (Lipinski definition) is 2. The van der Waals surface area contributed by atoms with E-state index in [4.69, 9.17) is 5.11 Å². The summed E-state index contributed by atoms with van der Waals surface area (Å²) < 4.78 is 3.97. The second-order valence-electron chi connectivity index (χ2n) is 4.61. The fraction of sp³-hybridized carbons (Fsp3) is 0.462. The van der Waals surface area contributed by atoms with Gasteiger partial charge in [0.05, 0.1) is 5.69 Å². The highest BCUT2D eigenvalue weighted by atomic mass is 32.1. The molecule has 0 fully saturated rings. The fourth-order valence-electron chi connectivity index (χ4n) is 2.15. The third-order valence-corrected chi connectivity index (χ3v) is 3.96. The lowest BCUT2D eigenvalue weighted by Gasteiger charge is -2.12. The number of carboxylic acids is 1. The number of nitrogens with zero attached hydrogens (tertiary/aromatic N) is 1. The maximum atomic E-state index is 11.9. The number of carbonyl (C=O) groups excluding carboxylic acids is 1. The zero-order valence-corrected chi connectivity index (χ0v) is 11.5. The number of carbonyl (C=O) groups is 2. The highest BCUT2D eigenvalue weighted by Gasteiger charge is 2.19. The molecule has 1 aliphatic carbocycles. The fourth-order valence-corrected chi connectivity index (χ4v) is 2.95. The summed E-state index contributed by atoms with van der Waals surface area (Å²) in [4.78, 5) is 23.0. The molecule has 5 nitrogen and oxygen atoms in total. The molecule has 0 aliphatic heterocycles. The Hall–Kier alpha value is -1.69. The first-order chi connectivity index (χ1) is 9.08. The van der Waals surface area contributed by atoms with E-state index < -0.39 is 5.97 Å². The van der Waals surface area contributed by atoms with Crippen molar-refractivity contribution in [3.05, 3.63) is 22.9 Å². The molecule has 0 bridgehead atoms. The number of anilines is 1. The van der Waals surface area contributed by atoms with E-state index in [9.17, 15) is 9.59 Å². The van der Waals surface area contributed by atoms with Crippen LogP contribution in [0.2, 0.25) is 0 Å². The van der Waals surface area contributed by atoms with Gasteiger partial charge in [0.2, 0.25) is 5.91 Å². The van der Waals surface area contributed by atoms with Gasteiger partial charge in [-0.25, -0.2) is 4.79 Å². The molecule has 1 amide bonds. The molecule has 1 heterocycles. The van der Waals surface area contributed by atoms with Crippen molar-refractivity contribution in [2.75, 3.05) is 5.32 Å². The van der Waals surface area contributed by atoms with Gasteiger partial charge in [0.15, 0.2) is 0 Å². The van der Waals surface area contributed by atoms with Crippen molar-refractivity contribution in [3.63, 3.8) is 0 Å². The first-order valence-electron chi connectivity index (χ1n) is 6.25. The lowest BCUT2D eigenvalue weighted by Crippen LogP contribution is -2.14. The first-order valence-corrected chi connectivity index (χ1v) is 7.02. The van der Waals surface area contributed by atoms with Crippen molar-refractivity contribution in [2.45, 2.75) is 39.0 Å². The summed E-state index contributed by atoms with van der Waals surface area (Å²) in [6.45, 7) is 1.62. The number of amides is 1. The van der Waals surface area contributed by atoms with E-state index in [0.717, 1.165) is 36.4 Å². The Labute approximate surface area is 115 Å². The molecule has 1 aromatic rings. The van der Waals surface area contributed by atoms with Gasteiger partial charge in [-0.2, -0.15) is 4.37 Å². The van der Waals surface area contributed by atoms with Gasteiger partial charge in [-0.1, -0.05) is 11.6 Å². The zero-order chi connectivity index (χ0) is 13.8. The average molecular weight is 280 g/mol. The van der Waals surface area contributed by atoms with Crippen LogP contribution in [0.3, 0.4) is 0 Å². The van der Waals surface area contributed by atoms with Gasteiger partial charge in [0.1, 0.15) is 10.6 Å². The van der Waals surface area contributed by atoms with Crippen LogP contribution < -0.4 is 5.32 Å². The Morgan fingerprint density at radius 3 is 2.89 bits per heavy atom. The predicted octanol–water partition coefficient (Wildman–Crippen LogP) is 2.98. The second-order valence-corrected chi connectivity index (χ2v) is 5.38. The third kappa shape index (κ3) is 3.41. The summed E-state index contributed by atoms with van der Waals surface area (Å²) in [6, 6.07) is 0. The van der Waals surface area contributed by atoms with Crippen LogP contribution in [0, 0.1) is 6.92 Å². The van der Waals surface area contributed by atoms with Crippen molar-refractivity contribution in [3.8, 4) is 0 Å². The van der Waals surface area contributed by atoms with Crippen LogP contribution >= 0.6 is 11.5 Å². The molecule has 102 valence electrons. The Kier molecular flexibility index (Phi) is 4.31. The second kappa shape index (κ2) is 5.97. The van der Waals surface area contributed by atoms with Gasteiger partial charge < -0.3 is 10.4 Å². The molecule has 1 aromatic heterocycles. The van der Waals surface area contributed by atoms with Crippen LogP contribution in [0.4, 0.5) is 5.00 Å². The highest BCUT2D eigenvalue weighted by molar-refractivity contribution is 7.11. The molecular formula is C13H16N2O3S. The summed E-state index contributed by atoms with van der Waals surface area (Å²) >= 11 is 1.01. The molecule has 19 heavy (non-hydrogen) atoms. The number of rotatable bonds is 4. The summed E-state index contributed by atoms with van der Waals surface area (Å²) in [6.07, 6.45) is 6.75. The summed E-state index contributed by atoms with van der Waals surface area (Å²) in [5.74, 6) is -1.22. The minimum atomic E-state index is -1.06. The standard InChI is InChI=1S/C13H16N2O3S/c1-8-11(13(17)18)12(19-15-8)14-10(16)7-9-5-3-2-4-6-9/h5H,2-4,6-7H2,1H3,(H,14,16)(H,17,18). The molecule has 2 rings (SSSR count). The van der Waals surface area contributed by atoms with Crippen LogP contribution in [0.1, 0.15) is 48.2 Å². The van der Waals surface area contributed by atoms with Crippen molar-refractivity contribution < 1.29 is 14.7 Å². The lowest BCUT2D eigenvalue weighted by molar-refractivity contribution is -0.115. The first kappa shape index (κ1) is 13.7. The average Bonchev–Trinajstić information content (AvgIpc) is 2.71. The Morgan fingerprint density at radius 2 is 2.26 bits per heavy atom. The molecule has 1 aliphatic rings. The Balaban J connectivity index is 2.03. The van der Waals surface area contributed by atoms with E-state index in [-0.39, 0.29) is 11.5 Å². The van der Waals surface area contributed by atoms with Gasteiger partial charge >= 0.3 is 5.97 Å². The van der Waals surface area contributed by atoms with Crippen molar-refractivity contribution in [1.82, 2.24) is 4.37 Å². The third-order valence-electron chi connectivity index (χ3n) is 3.10. The van der Waals surface area contributed by atoms with Gasteiger partial charge in [-0.15, -0.1) is 0 Å². The Bertz CT molecular complexity index is 534. The van der Waals surface area contributed by atoms with Crippen molar-refractivity contribution in [2.24, 2.45) is 0 Å². The molecule has 0 saturated heterocycles. The van der Waals surface area contributed by atoms with Gasteiger partial charge in [-0.05, 0) is 44.1 Å². The number of aryl methyl sites for hydroxylation is 1.